The summed E-state index contributed by atoms with van der Waals surface area (Å²) < 4.78 is 5.79. The van der Waals surface area contributed by atoms with Gasteiger partial charge in [0, 0.05) is 21.2 Å². The van der Waals surface area contributed by atoms with Gasteiger partial charge in [-0.3, -0.25) is 5.43 Å². The van der Waals surface area contributed by atoms with Gasteiger partial charge < -0.3 is 4.42 Å². The van der Waals surface area contributed by atoms with E-state index in [2.05, 4.69) is 41.7 Å². The average molecular weight is 429 g/mol. The molecule has 0 bridgehead atoms. The fourth-order valence-electron chi connectivity index (χ4n) is 2.05. The number of benzene rings is 1. The number of furan rings is 1. The van der Waals surface area contributed by atoms with Crippen molar-refractivity contribution >= 4 is 61.7 Å². The largest absolute Gasteiger partial charge is 0.455 e. The topological polar surface area (TPSA) is 50.4 Å². The molecule has 0 unspecified atom stereocenters. The lowest BCUT2D eigenvalue weighted by Crippen LogP contribution is -2.11. The first-order chi connectivity index (χ1) is 10.8. The number of aromatic nitrogens is 1. The lowest BCUT2D eigenvalue weighted by Gasteiger charge is -2.13. The van der Waals surface area contributed by atoms with Crippen LogP contribution in [0, 0.1) is 0 Å². The number of thiazole rings is 1. The van der Waals surface area contributed by atoms with Crippen LogP contribution in [0.2, 0.25) is 5.02 Å². The molecular weight excluding hydrogens is 410 g/mol. The molecule has 24 heavy (non-hydrogen) atoms. The summed E-state index contributed by atoms with van der Waals surface area (Å²) in [4.78, 5) is 4.55. The molecule has 0 spiro atoms. The molecule has 0 amide bonds. The predicted molar refractivity (Wildman–Crippen MR) is 108 cm³/mol. The van der Waals surface area contributed by atoms with Crippen LogP contribution in [0.15, 0.2) is 39.2 Å². The highest BCUT2D eigenvalue weighted by Gasteiger charge is 2.17. The van der Waals surface area contributed by atoms with Crippen LogP contribution in [0.25, 0.3) is 11.0 Å². The molecular formula is C17H19BrClN3OS. The summed E-state index contributed by atoms with van der Waals surface area (Å²) >= 11 is 7.54. The second-order valence-electron chi connectivity index (χ2n) is 6.39. The SMILES string of the molecule is Br.CC(=NNc1nc(C(C)(C)C)cs1)c1cc2cc(Cl)ccc2o1. The van der Waals surface area contributed by atoms with E-state index in [9.17, 15) is 0 Å². The Morgan fingerprint density at radius 3 is 2.71 bits per heavy atom. The molecule has 3 aromatic rings. The molecule has 1 aromatic carbocycles. The number of hydrogen-bond acceptors (Lipinski definition) is 5. The third-order valence-electron chi connectivity index (χ3n) is 3.43. The van der Waals surface area contributed by atoms with E-state index in [1.54, 1.807) is 11.3 Å². The van der Waals surface area contributed by atoms with Gasteiger partial charge in [-0.25, -0.2) is 4.98 Å². The Morgan fingerprint density at radius 2 is 2.04 bits per heavy atom. The first-order valence-electron chi connectivity index (χ1n) is 7.29. The van der Waals surface area contributed by atoms with E-state index in [0.29, 0.717) is 10.8 Å². The molecule has 7 heteroatoms. The fourth-order valence-corrected chi connectivity index (χ4v) is 3.11. The minimum absolute atomic E-state index is 0. The van der Waals surface area contributed by atoms with Crippen molar-refractivity contribution in [3.8, 4) is 0 Å². The lowest BCUT2D eigenvalue weighted by molar-refractivity contribution is 0.573. The molecule has 0 saturated carbocycles. The number of hydrazone groups is 1. The summed E-state index contributed by atoms with van der Waals surface area (Å²) in [6.07, 6.45) is 0. The quantitative estimate of drug-likeness (QED) is 0.396. The van der Waals surface area contributed by atoms with E-state index in [0.717, 1.165) is 27.5 Å². The Morgan fingerprint density at radius 1 is 1.29 bits per heavy atom. The van der Waals surface area contributed by atoms with Crippen LogP contribution in [0.4, 0.5) is 5.13 Å². The standard InChI is InChI=1S/C17H18ClN3OS.BrH/c1-10(14-8-11-7-12(18)5-6-13(11)22-14)20-21-16-19-15(9-23-16)17(2,3)4;/h5-9H,1-4H3,(H,19,21);1H. The highest BCUT2D eigenvalue weighted by Crippen LogP contribution is 2.27. The van der Waals surface area contributed by atoms with Crippen molar-refractivity contribution in [3.05, 3.63) is 46.1 Å². The van der Waals surface area contributed by atoms with E-state index in [1.807, 2.05) is 31.2 Å². The molecule has 128 valence electrons. The van der Waals surface area contributed by atoms with E-state index in [4.69, 9.17) is 16.0 Å². The summed E-state index contributed by atoms with van der Waals surface area (Å²) in [6, 6.07) is 7.48. The predicted octanol–water partition coefficient (Wildman–Crippen LogP) is 6.25. The molecule has 0 fully saturated rings. The van der Waals surface area contributed by atoms with Gasteiger partial charge in [0.2, 0.25) is 5.13 Å². The molecule has 0 aliphatic rings. The van der Waals surface area contributed by atoms with Crippen LogP contribution in [0.5, 0.6) is 0 Å². The van der Waals surface area contributed by atoms with Crippen LogP contribution in [0.1, 0.15) is 39.1 Å². The molecule has 2 heterocycles. The van der Waals surface area contributed by atoms with Gasteiger partial charge in [-0.1, -0.05) is 32.4 Å². The van der Waals surface area contributed by atoms with Crippen LogP contribution in [0.3, 0.4) is 0 Å². The van der Waals surface area contributed by atoms with Crippen molar-refractivity contribution in [2.24, 2.45) is 5.10 Å². The normalized spacial score (nSPS) is 12.3. The lowest BCUT2D eigenvalue weighted by atomic mass is 9.93. The van der Waals surface area contributed by atoms with Crippen molar-refractivity contribution in [2.75, 3.05) is 5.43 Å². The molecule has 0 atom stereocenters. The number of nitrogens with zero attached hydrogens (tertiary/aromatic N) is 2. The number of hydrogen-bond donors (Lipinski definition) is 1. The highest BCUT2D eigenvalue weighted by atomic mass is 79.9. The van der Waals surface area contributed by atoms with Crippen molar-refractivity contribution in [1.82, 2.24) is 4.98 Å². The number of rotatable bonds is 3. The number of halogens is 2. The molecule has 4 nitrogen and oxygen atoms in total. The van der Waals surface area contributed by atoms with Crippen LogP contribution >= 0.6 is 39.9 Å². The second kappa shape index (κ2) is 7.25. The first kappa shape index (κ1) is 19.0. The molecule has 0 radical (unpaired) electrons. The number of nitrogens with one attached hydrogen (secondary N) is 1. The van der Waals surface area contributed by atoms with Gasteiger partial charge in [0.1, 0.15) is 11.3 Å². The summed E-state index contributed by atoms with van der Waals surface area (Å²) in [6.45, 7) is 8.31. The Balaban J connectivity index is 0.00000208. The molecule has 0 saturated heterocycles. The van der Waals surface area contributed by atoms with E-state index in [-0.39, 0.29) is 22.4 Å². The zero-order valence-electron chi connectivity index (χ0n) is 13.9. The van der Waals surface area contributed by atoms with Gasteiger partial charge in [-0.05, 0) is 31.2 Å². The van der Waals surface area contributed by atoms with Crippen LogP contribution < -0.4 is 5.43 Å². The average Bonchev–Trinajstić information content (AvgIpc) is 3.10. The fraction of sp³-hybridized carbons (Fsp3) is 0.294. The van der Waals surface area contributed by atoms with Gasteiger partial charge in [-0.15, -0.1) is 28.3 Å². The zero-order chi connectivity index (χ0) is 16.6. The molecule has 0 aliphatic carbocycles. The van der Waals surface area contributed by atoms with Crippen molar-refractivity contribution < 1.29 is 4.42 Å². The number of anilines is 1. The third-order valence-corrected chi connectivity index (χ3v) is 4.41. The summed E-state index contributed by atoms with van der Waals surface area (Å²) in [5.41, 5.74) is 5.64. The van der Waals surface area contributed by atoms with E-state index < -0.39 is 0 Å². The van der Waals surface area contributed by atoms with Crippen LogP contribution in [-0.2, 0) is 5.41 Å². The Kier molecular flexibility index (Phi) is 5.73. The zero-order valence-corrected chi connectivity index (χ0v) is 17.2. The minimum atomic E-state index is 0. The van der Waals surface area contributed by atoms with Crippen molar-refractivity contribution in [1.29, 1.82) is 0 Å². The van der Waals surface area contributed by atoms with E-state index >= 15 is 0 Å². The van der Waals surface area contributed by atoms with Gasteiger partial charge in [0.15, 0.2) is 5.76 Å². The molecule has 3 rings (SSSR count). The van der Waals surface area contributed by atoms with Gasteiger partial charge in [0.05, 0.1) is 5.69 Å². The van der Waals surface area contributed by atoms with Gasteiger partial charge in [-0.2, -0.15) is 5.10 Å². The van der Waals surface area contributed by atoms with E-state index in [1.165, 1.54) is 0 Å². The monoisotopic (exact) mass is 427 g/mol. The summed E-state index contributed by atoms with van der Waals surface area (Å²) in [5.74, 6) is 0.711. The van der Waals surface area contributed by atoms with Crippen molar-refractivity contribution in [3.63, 3.8) is 0 Å². The second-order valence-corrected chi connectivity index (χ2v) is 7.68. The summed E-state index contributed by atoms with van der Waals surface area (Å²) in [5, 5.41) is 8.84. The maximum absolute atomic E-state index is 6.00. The van der Waals surface area contributed by atoms with Gasteiger partial charge in [0.25, 0.3) is 0 Å². The first-order valence-corrected chi connectivity index (χ1v) is 8.54. The molecule has 2 aromatic heterocycles. The smallest absolute Gasteiger partial charge is 0.203 e. The Labute approximate surface area is 160 Å². The number of fused-ring (bicyclic) bond motifs is 1. The maximum Gasteiger partial charge on any atom is 0.203 e. The third kappa shape index (κ3) is 4.18. The van der Waals surface area contributed by atoms with Crippen LogP contribution in [-0.4, -0.2) is 10.7 Å². The minimum Gasteiger partial charge on any atom is -0.455 e. The molecule has 0 aliphatic heterocycles. The Hall–Kier alpha value is -1.37. The Bertz CT molecular complexity index is 879. The molecule has 1 N–H and O–H groups in total. The van der Waals surface area contributed by atoms with Gasteiger partial charge >= 0.3 is 0 Å². The van der Waals surface area contributed by atoms with Crippen molar-refractivity contribution in [2.45, 2.75) is 33.1 Å². The maximum atomic E-state index is 6.00. The summed E-state index contributed by atoms with van der Waals surface area (Å²) in [7, 11) is 0. The highest BCUT2D eigenvalue weighted by molar-refractivity contribution is 8.93.